The molecule has 25 heavy (non-hydrogen) atoms. The number of hydrogen-bond acceptors (Lipinski definition) is 2. The first kappa shape index (κ1) is 16.9. The van der Waals surface area contributed by atoms with Crippen LogP contribution in [0.5, 0.6) is 0 Å². The fraction of sp³-hybridized carbons (Fsp3) is 0.682. The molecular weight excluding hydrogens is 306 g/mol. The lowest BCUT2D eigenvalue weighted by Gasteiger charge is -2.45. The van der Waals surface area contributed by atoms with E-state index in [0.29, 0.717) is 0 Å². The van der Waals surface area contributed by atoms with Crippen LogP contribution in [0.15, 0.2) is 29.3 Å². The number of fused-ring (bicyclic) bond motifs is 1. The first-order chi connectivity index (χ1) is 12.3. The molecule has 3 aliphatic rings. The predicted molar refractivity (Wildman–Crippen MR) is 108 cm³/mol. The van der Waals surface area contributed by atoms with Crippen LogP contribution in [-0.2, 0) is 0 Å². The molecule has 0 unspecified atom stereocenters. The van der Waals surface area contributed by atoms with Gasteiger partial charge in [-0.25, -0.2) is 0 Å². The number of amidine groups is 1. The Kier molecular flexibility index (Phi) is 5.00. The Bertz CT molecular complexity index is 607. The van der Waals surface area contributed by atoms with Crippen LogP contribution in [0.1, 0.15) is 71.1 Å². The monoisotopic (exact) mass is 339 g/mol. The molecule has 2 aliphatic carbocycles. The third-order valence-electron chi connectivity index (χ3n) is 6.67. The summed E-state index contributed by atoms with van der Waals surface area (Å²) in [6.07, 6.45) is 13.4. The molecule has 2 saturated carbocycles. The van der Waals surface area contributed by atoms with E-state index in [4.69, 9.17) is 4.99 Å². The Morgan fingerprint density at radius 2 is 1.72 bits per heavy atom. The van der Waals surface area contributed by atoms with Crippen LogP contribution < -0.4 is 10.6 Å². The largest absolute Gasteiger partial charge is 0.371 e. The van der Waals surface area contributed by atoms with Crippen molar-refractivity contribution in [2.24, 2.45) is 16.8 Å². The molecule has 1 aliphatic heterocycles. The van der Waals surface area contributed by atoms with Crippen molar-refractivity contribution in [3.8, 4) is 0 Å². The van der Waals surface area contributed by atoms with E-state index < -0.39 is 0 Å². The molecule has 0 radical (unpaired) electrons. The van der Waals surface area contributed by atoms with Crippen molar-refractivity contribution in [2.45, 2.75) is 76.7 Å². The van der Waals surface area contributed by atoms with Crippen molar-refractivity contribution in [2.75, 3.05) is 17.2 Å². The zero-order valence-corrected chi connectivity index (χ0v) is 15.7. The Labute approximate surface area is 152 Å². The van der Waals surface area contributed by atoms with E-state index >= 15 is 0 Å². The topological polar surface area (TPSA) is 36.4 Å². The number of aliphatic imine (C=N–C) groups is 1. The molecule has 2 N–H and O–H groups in total. The van der Waals surface area contributed by atoms with Crippen molar-refractivity contribution in [1.29, 1.82) is 0 Å². The minimum atomic E-state index is 0.0351. The number of anilines is 2. The molecule has 2 fully saturated rings. The molecule has 0 atom stereocenters. The SMILES string of the molecule is CC1CCC2(CC1)Nc1ccccc1NC2=NCCC1CCCCC1. The van der Waals surface area contributed by atoms with Gasteiger partial charge in [0.2, 0.25) is 0 Å². The number of hydrogen-bond donors (Lipinski definition) is 2. The van der Waals surface area contributed by atoms with Crippen molar-refractivity contribution in [1.82, 2.24) is 0 Å². The fourth-order valence-electron chi connectivity index (χ4n) is 4.91. The molecule has 0 bridgehead atoms. The van der Waals surface area contributed by atoms with Crippen molar-refractivity contribution in [3.63, 3.8) is 0 Å². The van der Waals surface area contributed by atoms with Crippen LogP contribution >= 0.6 is 0 Å². The van der Waals surface area contributed by atoms with Gasteiger partial charge in [0.25, 0.3) is 0 Å². The smallest absolute Gasteiger partial charge is 0.127 e. The molecule has 3 heteroatoms. The number of rotatable bonds is 3. The van der Waals surface area contributed by atoms with Gasteiger partial charge in [0.1, 0.15) is 5.84 Å². The van der Waals surface area contributed by atoms with Crippen LogP contribution in [0.3, 0.4) is 0 Å². The molecular formula is C22H33N3. The van der Waals surface area contributed by atoms with Gasteiger partial charge in [-0.2, -0.15) is 0 Å². The van der Waals surface area contributed by atoms with E-state index in [1.54, 1.807) is 0 Å². The molecule has 136 valence electrons. The van der Waals surface area contributed by atoms with Gasteiger partial charge in [0, 0.05) is 6.54 Å². The summed E-state index contributed by atoms with van der Waals surface area (Å²) in [6.45, 7) is 3.37. The van der Waals surface area contributed by atoms with Crippen LogP contribution in [0.2, 0.25) is 0 Å². The summed E-state index contributed by atoms with van der Waals surface area (Å²) >= 11 is 0. The summed E-state index contributed by atoms with van der Waals surface area (Å²) in [5, 5.41) is 7.58. The van der Waals surface area contributed by atoms with Gasteiger partial charge in [0.15, 0.2) is 0 Å². The van der Waals surface area contributed by atoms with Gasteiger partial charge in [-0.05, 0) is 56.1 Å². The zero-order valence-electron chi connectivity index (χ0n) is 15.7. The Balaban J connectivity index is 1.51. The number of nitrogens with one attached hydrogen (secondary N) is 2. The standard InChI is InChI=1S/C22H33N3/c1-17-11-14-22(15-12-17)21(23-16-13-18-7-3-2-4-8-18)24-19-9-5-6-10-20(19)25-22/h5-6,9-10,17-18,25H,2-4,7-8,11-16H2,1H3,(H,23,24). The second-order valence-corrected chi connectivity index (χ2v) is 8.58. The summed E-state index contributed by atoms with van der Waals surface area (Å²) in [5.74, 6) is 2.95. The van der Waals surface area contributed by atoms with Gasteiger partial charge in [-0.3, -0.25) is 4.99 Å². The van der Waals surface area contributed by atoms with Gasteiger partial charge in [-0.1, -0.05) is 51.2 Å². The second kappa shape index (κ2) is 7.39. The fourth-order valence-corrected chi connectivity index (χ4v) is 4.91. The molecule has 1 aromatic rings. The normalized spacial score (nSPS) is 31.4. The van der Waals surface area contributed by atoms with Gasteiger partial charge in [-0.15, -0.1) is 0 Å². The van der Waals surface area contributed by atoms with E-state index in [2.05, 4.69) is 41.8 Å². The average Bonchev–Trinajstić information content (AvgIpc) is 2.65. The van der Waals surface area contributed by atoms with E-state index in [9.17, 15) is 0 Å². The van der Waals surface area contributed by atoms with E-state index in [1.807, 2.05) is 0 Å². The minimum absolute atomic E-state index is 0.0351. The highest BCUT2D eigenvalue weighted by Crippen LogP contribution is 2.41. The van der Waals surface area contributed by atoms with Crippen LogP contribution in [0.4, 0.5) is 11.4 Å². The second-order valence-electron chi connectivity index (χ2n) is 8.58. The van der Waals surface area contributed by atoms with Gasteiger partial charge < -0.3 is 10.6 Å². The Morgan fingerprint density at radius 1 is 1.00 bits per heavy atom. The first-order valence-corrected chi connectivity index (χ1v) is 10.4. The maximum absolute atomic E-state index is 5.12. The zero-order chi connectivity index (χ0) is 17.1. The summed E-state index contributed by atoms with van der Waals surface area (Å²) in [6, 6.07) is 8.59. The van der Waals surface area contributed by atoms with Gasteiger partial charge in [0.05, 0.1) is 16.9 Å². The van der Waals surface area contributed by atoms with Crippen molar-refractivity contribution in [3.05, 3.63) is 24.3 Å². The lowest BCUT2D eigenvalue weighted by molar-refractivity contribution is 0.320. The van der Waals surface area contributed by atoms with E-state index in [-0.39, 0.29) is 5.54 Å². The maximum atomic E-state index is 5.12. The molecule has 0 saturated heterocycles. The number of para-hydroxylation sites is 2. The minimum Gasteiger partial charge on any atom is -0.371 e. The Hall–Kier alpha value is -1.51. The van der Waals surface area contributed by atoms with Gasteiger partial charge >= 0.3 is 0 Å². The first-order valence-electron chi connectivity index (χ1n) is 10.4. The number of benzene rings is 1. The molecule has 4 rings (SSSR count). The quantitative estimate of drug-likeness (QED) is 0.725. The molecule has 1 aromatic carbocycles. The number of nitrogens with zero attached hydrogens (tertiary/aromatic N) is 1. The highest BCUT2D eigenvalue weighted by Gasteiger charge is 2.42. The van der Waals surface area contributed by atoms with Crippen LogP contribution in [-0.4, -0.2) is 17.9 Å². The third kappa shape index (κ3) is 3.70. The lowest BCUT2D eigenvalue weighted by atomic mass is 9.75. The van der Waals surface area contributed by atoms with Crippen LogP contribution in [0, 0.1) is 11.8 Å². The summed E-state index contributed by atoms with van der Waals surface area (Å²) in [5.41, 5.74) is 2.46. The van der Waals surface area contributed by atoms with E-state index in [1.165, 1.54) is 81.4 Å². The molecule has 3 nitrogen and oxygen atoms in total. The Morgan fingerprint density at radius 3 is 2.48 bits per heavy atom. The average molecular weight is 340 g/mol. The highest BCUT2D eigenvalue weighted by molar-refractivity contribution is 6.09. The summed E-state index contributed by atoms with van der Waals surface area (Å²) < 4.78 is 0. The molecule has 1 spiro atoms. The molecule has 1 heterocycles. The summed E-state index contributed by atoms with van der Waals surface area (Å²) in [7, 11) is 0. The third-order valence-corrected chi connectivity index (χ3v) is 6.67. The van der Waals surface area contributed by atoms with E-state index in [0.717, 1.165) is 18.4 Å². The predicted octanol–water partition coefficient (Wildman–Crippen LogP) is 5.84. The van der Waals surface area contributed by atoms with Crippen molar-refractivity contribution < 1.29 is 0 Å². The summed E-state index contributed by atoms with van der Waals surface area (Å²) in [4.78, 5) is 5.12. The van der Waals surface area contributed by atoms with Crippen molar-refractivity contribution >= 4 is 17.2 Å². The highest BCUT2D eigenvalue weighted by atomic mass is 15.2. The lowest BCUT2D eigenvalue weighted by Crippen LogP contribution is -2.54. The molecule has 0 aromatic heterocycles. The molecule has 0 amide bonds. The van der Waals surface area contributed by atoms with Crippen LogP contribution in [0.25, 0.3) is 0 Å². The maximum Gasteiger partial charge on any atom is 0.127 e.